The molecular formula is C15H31N3O4S. The van der Waals surface area contributed by atoms with E-state index in [4.69, 9.17) is 10.5 Å². The van der Waals surface area contributed by atoms with Crippen molar-refractivity contribution in [3.05, 3.63) is 0 Å². The van der Waals surface area contributed by atoms with Crippen LogP contribution in [-0.4, -0.2) is 80.2 Å². The van der Waals surface area contributed by atoms with Gasteiger partial charge in [-0.1, -0.05) is 6.92 Å². The zero-order valence-corrected chi connectivity index (χ0v) is 15.6. The number of piperazine rings is 1. The molecule has 0 aromatic heterocycles. The molecule has 7 nitrogen and oxygen atoms in total. The van der Waals surface area contributed by atoms with Crippen LogP contribution in [0, 0.1) is 0 Å². The molecule has 0 spiro atoms. The average molecular weight is 349 g/mol. The molecular weight excluding hydrogens is 318 g/mol. The first-order valence-corrected chi connectivity index (χ1v) is 10.0. The average Bonchev–Trinajstić information content (AvgIpc) is 2.45. The van der Waals surface area contributed by atoms with Crippen LogP contribution in [0.3, 0.4) is 0 Å². The molecule has 0 saturated carbocycles. The second-order valence-corrected chi connectivity index (χ2v) is 9.41. The summed E-state index contributed by atoms with van der Waals surface area (Å²) in [6, 6.07) is 0.0422. The van der Waals surface area contributed by atoms with Gasteiger partial charge in [0.25, 0.3) is 0 Å². The highest BCUT2D eigenvalue weighted by Crippen LogP contribution is 2.15. The topological polar surface area (TPSA) is 92.9 Å². The number of hydrogen-bond donors (Lipinski definition) is 1. The minimum atomic E-state index is -2.93. The SMILES string of the molecule is CCS(=O)(=O)CCCN1CCN(C(=O)OC(C)(C)C)CC1CN. The van der Waals surface area contributed by atoms with Crippen molar-refractivity contribution in [1.29, 1.82) is 0 Å². The third kappa shape index (κ3) is 7.05. The monoisotopic (exact) mass is 349 g/mol. The van der Waals surface area contributed by atoms with E-state index in [1.54, 1.807) is 11.8 Å². The zero-order chi connectivity index (χ0) is 17.7. The van der Waals surface area contributed by atoms with Crippen LogP contribution >= 0.6 is 0 Å². The fourth-order valence-corrected chi connectivity index (χ4v) is 3.39. The maximum atomic E-state index is 12.1. The molecule has 1 saturated heterocycles. The highest BCUT2D eigenvalue weighted by atomic mass is 32.2. The summed E-state index contributed by atoms with van der Waals surface area (Å²) in [5.41, 5.74) is 5.32. The largest absolute Gasteiger partial charge is 0.444 e. The van der Waals surface area contributed by atoms with Crippen molar-refractivity contribution in [2.75, 3.05) is 44.2 Å². The second-order valence-electron chi connectivity index (χ2n) is 6.94. The number of amides is 1. The van der Waals surface area contributed by atoms with Gasteiger partial charge in [-0.15, -0.1) is 0 Å². The minimum absolute atomic E-state index is 0.0422. The van der Waals surface area contributed by atoms with Crippen LogP contribution in [0.5, 0.6) is 0 Å². The van der Waals surface area contributed by atoms with Gasteiger partial charge in [-0.25, -0.2) is 13.2 Å². The molecule has 2 N–H and O–H groups in total. The molecule has 1 fully saturated rings. The fourth-order valence-electron chi connectivity index (χ4n) is 2.54. The lowest BCUT2D eigenvalue weighted by Crippen LogP contribution is -2.58. The van der Waals surface area contributed by atoms with Crippen LogP contribution in [-0.2, 0) is 14.6 Å². The van der Waals surface area contributed by atoms with Crippen LogP contribution in [0.15, 0.2) is 0 Å². The summed E-state index contributed by atoms with van der Waals surface area (Å²) in [4.78, 5) is 16.0. The first kappa shape index (κ1) is 20.2. The van der Waals surface area contributed by atoms with E-state index in [0.717, 1.165) is 0 Å². The lowest BCUT2D eigenvalue weighted by Gasteiger charge is -2.41. The van der Waals surface area contributed by atoms with Gasteiger partial charge in [0.05, 0.1) is 5.75 Å². The molecule has 0 bridgehead atoms. The summed E-state index contributed by atoms with van der Waals surface area (Å²) in [5.74, 6) is 0.382. The van der Waals surface area contributed by atoms with E-state index in [1.807, 2.05) is 20.8 Å². The molecule has 1 aliphatic rings. The molecule has 1 rings (SSSR count). The number of hydrogen-bond acceptors (Lipinski definition) is 6. The highest BCUT2D eigenvalue weighted by molar-refractivity contribution is 7.91. The van der Waals surface area contributed by atoms with Crippen molar-refractivity contribution in [3.8, 4) is 0 Å². The maximum Gasteiger partial charge on any atom is 0.410 e. The summed E-state index contributed by atoms with van der Waals surface area (Å²) in [6.45, 7) is 10.1. The number of ether oxygens (including phenoxy) is 1. The van der Waals surface area contributed by atoms with Gasteiger partial charge in [0, 0.05) is 38.0 Å². The lowest BCUT2D eigenvalue weighted by molar-refractivity contribution is 0.00489. The predicted octanol–water partition coefficient (Wildman–Crippen LogP) is 0.691. The van der Waals surface area contributed by atoms with Crippen molar-refractivity contribution in [2.45, 2.75) is 45.8 Å². The first-order chi connectivity index (χ1) is 10.6. The molecule has 0 radical (unpaired) electrons. The molecule has 1 heterocycles. The second kappa shape index (κ2) is 8.30. The molecule has 0 aromatic carbocycles. The first-order valence-electron chi connectivity index (χ1n) is 8.20. The summed E-state index contributed by atoms with van der Waals surface area (Å²) in [7, 11) is -2.93. The third-order valence-corrected chi connectivity index (χ3v) is 5.66. The van der Waals surface area contributed by atoms with Crippen molar-refractivity contribution < 1.29 is 17.9 Å². The smallest absolute Gasteiger partial charge is 0.410 e. The minimum Gasteiger partial charge on any atom is -0.444 e. The molecule has 0 aromatic rings. The summed E-state index contributed by atoms with van der Waals surface area (Å²) in [6.07, 6.45) is 0.281. The predicted molar refractivity (Wildman–Crippen MR) is 91.2 cm³/mol. The third-order valence-electron chi connectivity index (χ3n) is 3.87. The highest BCUT2D eigenvalue weighted by Gasteiger charge is 2.31. The lowest BCUT2D eigenvalue weighted by atomic mass is 10.1. The van der Waals surface area contributed by atoms with Gasteiger partial charge in [0.2, 0.25) is 0 Å². The molecule has 1 aliphatic heterocycles. The number of rotatable bonds is 6. The number of carbonyl (C=O) groups excluding carboxylic acids is 1. The van der Waals surface area contributed by atoms with Crippen LogP contribution in [0.1, 0.15) is 34.1 Å². The van der Waals surface area contributed by atoms with Gasteiger partial charge in [-0.05, 0) is 33.7 Å². The number of nitrogens with two attached hydrogens (primary N) is 1. The Morgan fingerprint density at radius 1 is 1.30 bits per heavy atom. The number of sulfone groups is 1. The molecule has 136 valence electrons. The van der Waals surface area contributed by atoms with E-state index in [9.17, 15) is 13.2 Å². The van der Waals surface area contributed by atoms with Crippen LogP contribution in [0.25, 0.3) is 0 Å². The van der Waals surface area contributed by atoms with E-state index in [2.05, 4.69) is 4.90 Å². The quantitative estimate of drug-likeness (QED) is 0.758. The normalized spacial score (nSPS) is 20.6. The Balaban J connectivity index is 2.51. The van der Waals surface area contributed by atoms with Crippen molar-refractivity contribution >= 4 is 15.9 Å². The van der Waals surface area contributed by atoms with Gasteiger partial charge in [-0.3, -0.25) is 4.90 Å². The zero-order valence-electron chi connectivity index (χ0n) is 14.7. The molecule has 8 heteroatoms. The van der Waals surface area contributed by atoms with E-state index in [0.29, 0.717) is 39.1 Å². The summed E-state index contributed by atoms with van der Waals surface area (Å²) >= 11 is 0. The van der Waals surface area contributed by atoms with E-state index in [-0.39, 0.29) is 23.6 Å². The fraction of sp³-hybridized carbons (Fsp3) is 0.933. The van der Waals surface area contributed by atoms with Gasteiger partial charge in [0.1, 0.15) is 15.4 Å². The molecule has 1 atom stereocenters. The Bertz CT molecular complexity index is 487. The Kier molecular flexibility index (Phi) is 7.29. The van der Waals surface area contributed by atoms with Crippen LogP contribution in [0.4, 0.5) is 4.79 Å². The maximum absolute atomic E-state index is 12.1. The molecule has 23 heavy (non-hydrogen) atoms. The van der Waals surface area contributed by atoms with E-state index in [1.165, 1.54) is 0 Å². The van der Waals surface area contributed by atoms with Gasteiger partial charge >= 0.3 is 6.09 Å². The van der Waals surface area contributed by atoms with Crippen LogP contribution in [0.2, 0.25) is 0 Å². The molecule has 0 aliphatic carbocycles. The van der Waals surface area contributed by atoms with Crippen molar-refractivity contribution in [2.24, 2.45) is 5.73 Å². The Labute approximate surface area is 140 Å². The summed E-state index contributed by atoms with van der Waals surface area (Å²) in [5, 5.41) is 0. The van der Waals surface area contributed by atoms with Gasteiger partial charge in [0.15, 0.2) is 0 Å². The standard InChI is InChI=1S/C15H31N3O4S/c1-5-23(20,21)10-6-7-17-8-9-18(12-13(17)11-16)14(19)22-15(2,3)4/h13H,5-12,16H2,1-4H3. The van der Waals surface area contributed by atoms with Crippen molar-refractivity contribution in [1.82, 2.24) is 9.80 Å². The summed E-state index contributed by atoms with van der Waals surface area (Å²) < 4.78 is 28.5. The van der Waals surface area contributed by atoms with E-state index >= 15 is 0 Å². The van der Waals surface area contributed by atoms with E-state index < -0.39 is 15.4 Å². The Morgan fingerprint density at radius 3 is 2.48 bits per heavy atom. The van der Waals surface area contributed by atoms with Gasteiger partial charge < -0.3 is 15.4 Å². The van der Waals surface area contributed by atoms with Gasteiger partial charge in [-0.2, -0.15) is 0 Å². The Hall–Kier alpha value is -0.860. The molecule has 1 unspecified atom stereocenters. The Morgan fingerprint density at radius 2 is 1.96 bits per heavy atom. The van der Waals surface area contributed by atoms with Crippen LogP contribution < -0.4 is 5.73 Å². The van der Waals surface area contributed by atoms with Crippen molar-refractivity contribution in [3.63, 3.8) is 0 Å². The number of nitrogens with zero attached hydrogens (tertiary/aromatic N) is 2. The molecule has 1 amide bonds. The number of carbonyl (C=O) groups is 1.